The minimum atomic E-state index is -0.579. The van der Waals surface area contributed by atoms with Gasteiger partial charge in [0.2, 0.25) is 5.91 Å². The highest BCUT2D eigenvalue weighted by atomic mass is 35.5. The first-order chi connectivity index (χ1) is 18.8. The van der Waals surface area contributed by atoms with Gasteiger partial charge in [-0.1, -0.05) is 23.7 Å². The molecule has 0 radical (unpaired) electrons. The van der Waals surface area contributed by atoms with Crippen molar-refractivity contribution in [3.05, 3.63) is 68.9 Å². The van der Waals surface area contributed by atoms with E-state index in [-0.39, 0.29) is 59.2 Å². The Kier molecular flexibility index (Phi) is 8.10. The summed E-state index contributed by atoms with van der Waals surface area (Å²) in [5.74, 6) is -1.14. The van der Waals surface area contributed by atoms with Crippen LogP contribution in [-0.4, -0.2) is 53.6 Å². The molecular formula is C27H26ClFN4O5S. The number of rotatable bonds is 9. The van der Waals surface area contributed by atoms with Crippen LogP contribution in [0, 0.1) is 5.82 Å². The monoisotopic (exact) mass is 572 g/mol. The Bertz CT molecular complexity index is 1480. The molecule has 0 spiro atoms. The maximum Gasteiger partial charge on any atom is 0.305 e. The number of nitrogens with one attached hydrogen (secondary N) is 1. The second kappa shape index (κ2) is 11.7. The van der Waals surface area contributed by atoms with Crippen molar-refractivity contribution in [1.82, 2.24) is 14.9 Å². The van der Waals surface area contributed by atoms with Gasteiger partial charge >= 0.3 is 5.97 Å². The number of esters is 1. The van der Waals surface area contributed by atoms with Crippen molar-refractivity contribution < 1.29 is 27.9 Å². The summed E-state index contributed by atoms with van der Waals surface area (Å²) in [5.41, 5.74) is 1.69. The van der Waals surface area contributed by atoms with Gasteiger partial charge in [-0.25, -0.2) is 9.37 Å². The topological polar surface area (TPSA) is 107 Å². The number of oxazole rings is 1. The third-order valence-corrected chi connectivity index (χ3v) is 8.06. The number of hydrogen-bond acceptors (Lipinski definition) is 9. The van der Waals surface area contributed by atoms with Crippen molar-refractivity contribution in [3.8, 4) is 0 Å². The summed E-state index contributed by atoms with van der Waals surface area (Å²) in [6, 6.07) is 9.79. The van der Waals surface area contributed by atoms with Crippen LogP contribution >= 0.6 is 22.9 Å². The van der Waals surface area contributed by atoms with E-state index in [9.17, 15) is 9.59 Å². The zero-order chi connectivity index (χ0) is 27.5. The molecular weight excluding hydrogens is 547 g/mol. The third kappa shape index (κ3) is 6.05. The fourth-order valence-electron chi connectivity index (χ4n) is 4.52. The van der Waals surface area contributed by atoms with Gasteiger partial charge in [-0.2, -0.15) is 4.98 Å². The van der Waals surface area contributed by atoms with Crippen molar-refractivity contribution in [2.75, 3.05) is 26.1 Å². The Morgan fingerprint density at radius 3 is 2.87 bits per heavy atom. The van der Waals surface area contributed by atoms with Crippen LogP contribution in [0.5, 0.6) is 0 Å². The molecule has 9 nitrogen and oxygen atoms in total. The summed E-state index contributed by atoms with van der Waals surface area (Å²) in [6.45, 7) is 0.365. The number of aromatic nitrogens is 2. The molecule has 1 aliphatic rings. The lowest BCUT2D eigenvalue weighted by atomic mass is 10.1. The van der Waals surface area contributed by atoms with E-state index in [0.717, 1.165) is 9.88 Å². The van der Waals surface area contributed by atoms with E-state index in [0.29, 0.717) is 30.5 Å². The molecule has 39 heavy (non-hydrogen) atoms. The molecule has 0 unspecified atom stereocenters. The van der Waals surface area contributed by atoms with E-state index < -0.39 is 5.82 Å². The first kappa shape index (κ1) is 27.0. The molecule has 0 saturated carbocycles. The number of amides is 1. The van der Waals surface area contributed by atoms with E-state index in [1.165, 1.54) is 30.6 Å². The first-order valence-electron chi connectivity index (χ1n) is 12.3. The Balaban J connectivity index is 1.30. The lowest BCUT2D eigenvalue weighted by Crippen LogP contribution is -2.33. The fourth-order valence-corrected chi connectivity index (χ4v) is 5.80. The predicted octanol–water partition coefficient (Wildman–Crippen LogP) is 5.46. The largest absolute Gasteiger partial charge is 0.469 e. The molecule has 2 aromatic heterocycles. The average Bonchev–Trinajstić information content (AvgIpc) is 3.67. The zero-order valence-electron chi connectivity index (χ0n) is 21.3. The van der Waals surface area contributed by atoms with Crippen LogP contribution in [0.4, 0.5) is 16.1 Å². The van der Waals surface area contributed by atoms with Gasteiger partial charge in [0.25, 0.3) is 6.01 Å². The molecule has 4 aromatic rings. The highest BCUT2D eigenvalue weighted by Gasteiger charge is 2.38. The van der Waals surface area contributed by atoms with Gasteiger partial charge < -0.3 is 24.1 Å². The van der Waals surface area contributed by atoms with Gasteiger partial charge in [0.1, 0.15) is 16.3 Å². The third-order valence-electron chi connectivity index (χ3n) is 6.59. The summed E-state index contributed by atoms with van der Waals surface area (Å²) < 4.78 is 31.0. The Morgan fingerprint density at radius 1 is 1.28 bits per heavy atom. The molecule has 3 heterocycles. The number of likely N-dealkylation sites (tertiary alicyclic amines) is 1. The molecule has 2 atom stereocenters. The second-order valence-electron chi connectivity index (χ2n) is 9.11. The van der Waals surface area contributed by atoms with Crippen LogP contribution in [0.15, 0.2) is 47.0 Å². The predicted molar refractivity (Wildman–Crippen MR) is 145 cm³/mol. The molecule has 2 aromatic carbocycles. The quantitative estimate of drug-likeness (QED) is 0.264. The average molecular weight is 573 g/mol. The molecule has 5 rings (SSSR count). The maximum absolute atomic E-state index is 15.1. The molecule has 0 aliphatic carbocycles. The Hall–Kier alpha value is -3.54. The van der Waals surface area contributed by atoms with Crippen LogP contribution in [0.2, 0.25) is 5.02 Å². The summed E-state index contributed by atoms with van der Waals surface area (Å²) >= 11 is 7.89. The van der Waals surface area contributed by atoms with Crippen molar-refractivity contribution in [2.45, 2.75) is 37.8 Å². The number of methoxy groups -OCH3 is 2. The molecule has 12 heteroatoms. The van der Waals surface area contributed by atoms with Gasteiger partial charge in [0.05, 0.1) is 42.8 Å². The minimum Gasteiger partial charge on any atom is -0.469 e. The smallest absolute Gasteiger partial charge is 0.305 e. The molecule has 204 valence electrons. The van der Waals surface area contributed by atoms with Gasteiger partial charge in [0, 0.05) is 31.1 Å². The van der Waals surface area contributed by atoms with Crippen LogP contribution in [0.25, 0.3) is 11.1 Å². The van der Waals surface area contributed by atoms with E-state index in [4.69, 9.17) is 25.5 Å². The van der Waals surface area contributed by atoms with Gasteiger partial charge in [-0.3, -0.25) is 9.59 Å². The molecule has 1 saturated heterocycles. The summed E-state index contributed by atoms with van der Waals surface area (Å²) in [6.07, 6.45) is 2.70. The number of hydrogen-bond donors (Lipinski definition) is 1. The highest BCUT2D eigenvalue weighted by molar-refractivity contribution is 7.11. The van der Waals surface area contributed by atoms with Crippen molar-refractivity contribution in [2.24, 2.45) is 0 Å². The SMILES string of the molecule is COC(=O)CCc1cnc([C@@H]2C[C@H](OC)CN2C(=O)Cc2cc(Cl)c(Nc3nc4ccccc4o3)cc2F)s1. The van der Waals surface area contributed by atoms with Crippen LogP contribution in [-0.2, 0) is 31.9 Å². The number of carbonyl (C=O) groups excluding carboxylic acids is 2. The molecule has 1 fully saturated rings. The number of thiazole rings is 1. The number of nitrogens with zero attached hydrogens (tertiary/aromatic N) is 3. The van der Waals surface area contributed by atoms with Gasteiger partial charge in [-0.05, 0) is 36.2 Å². The normalized spacial score (nSPS) is 17.1. The lowest BCUT2D eigenvalue weighted by Gasteiger charge is -2.23. The molecule has 1 N–H and O–H groups in total. The Morgan fingerprint density at radius 2 is 2.10 bits per heavy atom. The number of carbonyl (C=O) groups is 2. The van der Waals surface area contributed by atoms with Gasteiger partial charge in [0.15, 0.2) is 5.58 Å². The first-order valence-corrected chi connectivity index (χ1v) is 13.5. The number of ether oxygens (including phenoxy) is 2. The molecule has 0 bridgehead atoms. The van der Waals surface area contributed by atoms with Crippen LogP contribution in [0.1, 0.15) is 34.3 Å². The zero-order valence-corrected chi connectivity index (χ0v) is 22.9. The number of para-hydroxylation sites is 2. The van der Waals surface area contributed by atoms with Crippen LogP contribution < -0.4 is 5.32 Å². The Labute approximate surface area is 232 Å². The van der Waals surface area contributed by atoms with Crippen molar-refractivity contribution in [1.29, 1.82) is 0 Å². The number of halogens is 2. The van der Waals surface area contributed by atoms with Gasteiger partial charge in [-0.15, -0.1) is 11.3 Å². The maximum atomic E-state index is 15.1. The van der Waals surface area contributed by atoms with E-state index in [1.54, 1.807) is 30.3 Å². The molecule has 1 amide bonds. The van der Waals surface area contributed by atoms with E-state index in [1.807, 2.05) is 12.1 Å². The summed E-state index contributed by atoms with van der Waals surface area (Å²) in [7, 11) is 2.95. The number of fused-ring (bicyclic) bond motifs is 1. The molecule has 1 aliphatic heterocycles. The lowest BCUT2D eigenvalue weighted by molar-refractivity contribution is -0.140. The van der Waals surface area contributed by atoms with Crippen molar-refractivity contribution >= 4 is 57.6 Å². The standard InChI is InChI=1S/C27H26ClFN4O5S/c1-36-16-11-22(26-30-13-17(39-26)7-8-25(35)37-2)33(14-16)24(34)10-15-9-18(28)21(12-19(15)29)32-27-31-20-5-3-4-6-23(20)38-27/h3-6,9,12-13,16,22H,7-8,10-11,14H2,1-2H3,(H,31,32)/t16-,22-/m0/s1. The summed E-state index contributed by atoms with van der Waals surface area (Å²) in [5, 5.41) is 3.88. The van der Waals surface area contributed by atoms with E-state index in [2.05, 4.69) is 15.3 Å². The fraction of sp³-hybridized carbons (Fsp3) is 0.333. The highest BCUT2D eigenvalue weighted by Crippen LogP contribution is 2.37. The van der Waals surface area contributed by atoms with Crippen LogP contribution in [0.3, 0.4) is 0 Å². The number of benzene rings is 2. The number of aryl methyl sites for hydroxylation is 1. The second-order valence-corrected chi connectivity index (χ2v) is 10.7. The minimum absolute atomic E-state index is 0.169. The van der Waals surface area contributed by atoms with Crippen molar-refractivity contribution in [3.63, 3.8) is 0 Å². The summed E-state index contributed by atoms with van der Waals surface area (Å²) in [4.78, 5) is 36.3. The number of anilines is 2. The van der Waals surface area contributed by atoms with E-state index >= 15 is 4.39 Å².